The predicted octanol–water partition coefficient (Wildman–Crippen LogP) is 3.88. The summed E-state index contributed by atoms with van der Waals surface area (Å²) in [5, 5.41) is 11.6. The Morgan fingerprint density at radius 1 is 0.955 bits per heavy atom. The maximum absolute atomic E-state index is 9.42. The van der Waals surface area contributed by atoms with Crippen LogP contribution in [0.4, 0.5) is 0 Å². The van der Waals surface area contributed by atoms with E-state index in [1.54, 1.807) is 14.2 Å². The van der Waals surface area contributed by atoms with Crippen molar-refractivity contribution >= 4 is 21.8 Å². The Morgan fingerprint density at radius 3 is 2.18 bits per heavy atom. The Bertz CT molecular complexity index is 833. The number of ether oxygens (including phenoxy) is 2. The number of benzene rings is 2. The van der Waals surface area contributed by atoms with E-state index in [0.29, 0.717) is 11.8 Å². The van der Waals surface area contributed by atoms with Crippen molar-refractivity contribution < 1.29 is 14.6 Å². The standard InChI is InChI=1S/C18H21NO3/c1-11(2)19-15-6-5-12(10-20)7-13(15)14-8-17(21-3)18(22-4)9-16(14)19/h5-9,11,20H,10H2,1-4H3. The molecule has 0 fully saturated rings. The highest BCUT2D eigenvalue weighted by molar-refractivity contribution is 6.09. The molecule has 1 N–H and O–H groups in total. The topological polar surface area (TPSA) is 43.6 Å². The fourth-order valence-electron chi connectivity index (χ4n) is 3.08. The minimum atomic E-state index is 0.0393. The van der Waals surface area contributed by atoms with Gasteiger partial charge in [-0.05, 0) is 37.6 Å². The van der Waals surface area contributed by atoms with Crippen molar-refractivity contribution in [1.29, 1.82) is 0 Å². The number of methoxy groups -OCH3 is 2. The van der Waals surface area contributed by atoms with E-state index in [1.807, 2.05) is 24.3 Å². The van der Waals surface area contributed by atoms with Gasteiger partial charge in [0.05, 0.1) is 26.3 Å². The smallest absolute Gasteiger partial charge is 0.162 e. The van der Waals surface area contributed by atoms with Gasteiger partial charge in [0.2, 0.25) is 0 Å². The number of rotatable bonds is 4. The summed E-state index contributed by atoms with van der Waals surface area (Å²) in [5.41, 5.74) is 3.17. The molecule has 0 unspecified atom stereocenters. The zero-order chi connectivity index (χ0) is 15.9. The number of nitrogens with zero attached hydrogens (tertiary/aromatic N) is 1. The molecule has 0 amide bonds. The lowest BCUT2D eigenvalue weighted by atomic mass is 10.1. The third-order valence-corrected chi connectivity index (χ3v) is 4.07. The van der Waals surface area contributed by atoms with Gasteiger partial charge in [0, 0.05) is 28.4 Å². The molecule has 0 saturated carbocycles. The number of fused-ring (bicyclic) bond motifs is 3. The van der Waals surface area contributed by atoms with Gasteiger partial charge in [-0.15, -0.1) is 0 Å². The number of aliphatic hydroxyl groups is 1. The van der Waals surface area contributed by atoms with Gasteiger partial charge in [-0.1, -0.05) is 6.07 Å². The number of hydrogen-bond donors (Lipinski definition) is 1. The fraction of sp³-hybridized carbons (Fsp3) is 0.333. The molecule has 0 spiro atoms. The molecule has 0 aliphatic rings. The highest BCUT2D eigenvalue weighted by atomic mass is 16.5. The number of aliphatic hydroxyl groups excluding tert-OH is 1. The van der Waals surface area contributed by atoms with Crippen molar-refractivity contribution in [1.82, 2.24) is 4.57 Å². The molecule has 0 aliphatic heterocycles. The highest BCUT2D eigenvalue weighted by Crippen LogP contribution is 2.39. The first-order valence-electron chi connectivity index (χ1n) is 7.40. The lowest BCUT2D eigenvalue weighted by Gasteiger charge is -2.13. The molecule has 3 aromatic rings. The van der Waals surface area contributed by atoms with Gasteiger partial charge in [-0.3, -0.25) is 0 Å². The largest absolute Gasteiger partial charge is 0.493 e. The van der Waals surface area contributed by atoms with Crippen LogP contribution in [0.3, 0.4) is 0 Å². The summed E-state index contributed by atoms with van der Waals surface area (Å²) in [7, 11) is 3.29. The molecule has 1 heterocycles. The highest BCUT2D eigenvalue weighted by Gasteiger charge is 2.16. The lowest BCUT2D eigenvalue weighted by Crippen LogP contribution is -2.00. The van der Waals surface area contributed by atoms with Gasteiger partial charge in [-0.2, -0.15) is 0 Å². The minimum Gasteiger partial charge on any atom is -0.493 e. The van der Waals surface area contributed by atoms with E-state index >= 15 is 0 Å². The molecule has 116 valence electrons. The summed E-state index contributed by atoms with van der Waals surface area (Å²) in [6.07, 6.45) is 0. The predicted molar refractivity (Wildman–Crippen MR) is 88.9 cm³/mol. The summed E-state index contributed by atoms with van der Waals surface area (Å²) in [4.78, 5) is 0. The Hall–Kier alpha value is -2.20. The molecule has 0 aliphatic carbocycles. The second-order valence-electron chi connectivity index (χ2n) is 5.70. The zero-order valence-corrected chi connectivity index (χ0v) is 13.4. The molecular formula is C18H21NO3. The molecule has 0 atom stereocenters. The van der Waals surface area contributed by atoms with Gasteiger partial charge >= 0.3 is 0 Å². The average molecular weight is 299 g/mol. The molecule has 3 rings (SSSR count). The normalized spacial score (nSPS) is 11.5. The first-order chi connectivity index (χ1) is 10.6. The average Bonchev–Trinajstić information content (AvgIpc) is 2.85. The van der Waals surface area contributed by atoms with Crippen LogP contribution in [0.5, 0.6) is 11.5 Å². The Balaban J connectivity index is 2.47. The molecule has 22 heavy (non-hydrogen) atoms. The fourth-order valence-corrected chi connectivity index (χ4v) is 3.08. The quantitative estimate of drug-likeness (QED) is 0.795. The van der Waals surface area contributed by atoms with E-state index < -0.39 is 0 Å². The minimum absolute atomic E-state index is 0.0393. The Kier molecular flexibility index (Phi) is 3.71. The molecule has 0 radical (unpaired) electrons. The van der Waals surface area contributed by atoms with E-state index in [0.717, 1.165) is 33.1 Å². The molecule has 0 saturated heterocycles. The summed E-state index contributed by atoms with van der Waals surface area (Å²) in [6, 6.07) is 10.4. The third kappa shape index (κ3) is 2.11. The number of aromatic nitrogens is 1. The number of hydrogen-bond acceptors (Lipinski definition) is 3. The molecular weight excluding hydrogens is 278 g/mol. The first kappa shape index (κ1) is 14.7. The van der Waals surface area contributed by atoms with Crippen LogP contribution in [-0.4, -0.2) is 23.9 Å². The second kappa shape index (κ2) is 5.54. The zero-order valence-electron chi connectivity index (χ0n) is 13.4. The van der Waals surface area contributed by atoms with Crippen molar-refractivity contribution in [2.75, 3.05) is 14.2 Å². The van der Waals surface area contributed by atoms with E-state index in [1.165, 1.54) is 0 Å². The van der Waals surface area contributed by atoms with Crippen LogP contribution < -0.4 is 9.47 Å². The van der Waals surface area contributed by atoms with Crippen LogP contribution in [0.1, 0.15) is 25.5 Å². The van der Waals surface area contributed by atoms with Gasteiger partial charge in [0.25, 0.3) is 0 Å². The van der Waals surface area contributed by atoms with Crippen LogP contribution >= 0.6 is 0 Å². The molecule has 1 aromatic heterocycles. The van der Waals surface area contributed by atoms with Crippen LogP contribution in [0.2, 0.25) is 0 Å². The maximum Gasteiger partial charge on any atom is 0.162 e. The van der Waals surface area contributed by atoms with Gasteiger partial charge in [-0.25, -0.2) is 0 Å². The maximum atomic E-state index is 9.42. The van der Waals surface area contributed by atoms with Gasteiger partial charge in [0.1, 0.15) is 0 Å². The van der Waals surface area contributed by atoms with Crippen LogP contribution in [0.25, 0.3) is 21.8 Å². The molecule has 4 nitrogen and oxygen atoms in total. The second-order valence-corrected chi connectivity index (χ2v) is 5.70. The van der Waals surface area contributed by atoms with Crippen molar-refractivity contribution in [2.24, 2.45) is 0 Å². The summed E-state index contributed by atoms with van der Waals surface area (Å²) < 4.78 is 13.2. The van der Waals surface area contributed by atoms with Crippen LogP contribution in [-0.2, 0) is 6.61 Å². The lowest BCUT2D eigenvalue weighted by molar-refractivity contribution is 0.282. The Morgan fingerprint density at radius 2 is 1.59 bits per heavy atom. The first-order valence-corrected chi connectivity index (χ1v) is 7.40. The van der Waals surface area contributed by atoms with E-state index in [9.17, 15) is 5.11 Å². The van der Waals surface area contributed by atoms with Gasteiger partial charge < -0.3 is 19.1 Å². The van der Waals surface area contributed by atoms with Crippen LogP contribution in [0.15, 0.2) is 30.3 Å². The molecule has 4 heteroatoms. The van der Waals surface area contributed by atoms with Gasteiger partial charge in [0.15, 0.2) is 11.5 Å². The molecule has 2 aromatic carbocycles. The Labute approximate surface area is 129 Å². The van der Waals surface area contributed by atoms with Crippen molar-refractivity contribution in [3.05, 3.63) is 35.9 Å². The van der Waals surface area contributed by atoms with Crippen molar-refractivity contribution in [3.63, 3.8) is 0 Å². The SMILES string of the molecule is COc1cc2c3cc(CO)ccc3n(C(C)C)c2cc1OC. The summed E-state index contributed by atoms with van der Waals surface area (Å²) in [6.45, 7) is 4.36. The molecule has 0 bridgehead atoms. The van der Waals surface area contributed by atoms with E-state index in [2.05, 4.69) is 24.5 Å². The van der Waals surface area contributed by atoms with Crippen molar-refractivity contribution in [2.45, 2.75) is 26.5 Å². The van der Waals surface area contributed by atoms with Crippen LogP contribution in [0, 0.1) is 0 Å². The van der Waals surface area contributed by atoms with E-state index in [-0.39, 0.29) is 6.61 Å². The van der Waals surface area contributed by atoms with Crippen molar-refractivity contribution in [3.8, 4) is 11.5 Å². The monoisotopic (exact) mass is 299 g/mol. The third-order valence-electron chi connectivity index (χ3n) is 4.07. The summed E-state index contributed by atoms with van der Waals surface area (Å²) in [5.74, 6) is 1.44. The summed E-state index contributed by atoms with van der Waals surface area (Å²) >= 11 is 0. The van der Waals surface area contributed by atoms with E-state index in [4.69, 9.17) is 9.47 Å².